The predicted octanol–water partition coefficient (Wildman–Crippen LogP) is 3.23. The number of rotatable bonds is 1. The highest BCUT2D eigenvalue weighted by Crippen LogP contribution is 2.23. The molecule has 1 saturated heterocycles. The van der Waals surface area contributed by atoms with E-state index in [1.165, 1.54) is 18.2 Å². The lowest BCUT2D eigenvalue weighted by Gasteiger charge is -2.35. The summed E-state index contributed by atoms with van der Waals surface area (Å²) in [6.45, 7) is 4.97. The molecule has 1 fully saturated rings. The zero-order valence-electron chi connectivity index (χ0n) is 10.8. The maximum absolute atomic E-state index is 13.0. The first-order chi connectivity index (χ1) is 8.95. The molecule has 2 atom stereocenters. The molecule has 0 saturated carbocycles. The zero-order valence-corrected chi connectivity index (χ0v) is 12.4. The summed E-state index contributed by atoms with van der Waals surface area (Å²) in [6, 6.07) is 3.96. The van der Waals surface area contributed by atoms with Gasteiger partial charge in [0, 0.05) is 17.6 Å². The molecule has 0 unspecified atom stereocenters. The lowest BCUT2D eigenvalue weighted by molar-refractivity contribution is -0.0530. The number of urea groups is 1. The molecule has 2 rings (SSSR count). The van der Waals surface area contributed by atoms with E-state index in [9.17, 15) is 9.18 Å². The molecule has 1 heterocycles. The Balaban J connectivity index is 2.04. The van der Waals surface area contributed by atoms with E-state index in [2.05, 4.69) is 21.2 Å². The number of amides is 2. The van der Waals surface area contributed by atoms with Crippen LogP contribution in [-0.2, 0) is 4.74 Å². The predicted molar refractivity (Wildman–Crippen MR) is 74.7 cm³/mol. The van der Waals surface area contributed by atoms with Crippen molar-refractivity contribution < 1.29 is 13.9 Å². The van der Waals surface area contributed by atoms with Crippen molar-refractivity contribution in [2.45, 2.75) is 26.1 Å². The topological polar surface area (TPSA) is 41.6 Å². The van der Waals surface area contributed by atoms with Crippen molar-refractivity contribution in [3.8, 4) is 0 Å². The van der Waals surface area contributed by atoms with Crippen molar-refractivity contribution in [2.75, 3.05) is 18.4 Å². The Labute approximate surface area is 120 Å². The van der Waals surface area contributed by atoms with Crippen molar-refractivity contribution >= 4 is 27.6 Å². The Hall–Kier alpha value is -1.14. The van der Waals surface area contributed by atoms with Crippen LogP contribution in [0.15, 0.2) is 22.7 Å². The van der Waals surface area contributed by atoms with Gasteiger partial charge in [-0.3, -0.25) is 0 Å². The summed E-state index contributed by atoms with van der Waals surface area (Å²) in [4.78, 5) is 13.8. The van der Waals surface area contributed by atoms with Crippen LogP contribution in [0.2, 0.25) is 0 Å². The Morgan fingerprint density at radius 2 is 2.05 bits per heavy atom. The van der Waals surface area contributed by atoms with Gasteiger partial charge in [-0.25, -0.2) is 9.18 Å². The largest absolute Gasteiger partial charge is 0.372 e. The van der Waals surface area contributed by atoms with Gasteiger partial charge in [0.1, 0.15) is 5.82 Å². The number of halogens is 2. The normalized spacial score (nSPS) is 23.3. The lowest BCUT2D eigenvalue weighted by Crippen LogP contribution is -2.49. The smallest absolute Gasteiger partial charge is 0.322 e. The Morgan fingerprint density at radius 3 is 2.63 bits per heavy atom. The summed E-state index contributed by atoms with van der Waals surface area (Å²) in [7, 11) is 0. The summed E-state index contributed by atoms with van der Waals surface area (Å²) >= 11 is 3.23. The van der Waals surface area contributed by atoms with E-state index in [1.54, 1.807) is 4.90 Å². The number of carbonyl (C=O) groups is 1. The quantitative estimate of drug-likeness (QED) is 0.858. The standard InChI is InChI=1S/C13H16BrFN2O2/c1-8-6-17(7-9(2)19-8)13(18)16-12-4-3-10(15)5-11(12)14/h3-5,8-9H,6-7H2,1-2H3,(H,16,18)/t8-,9-/m0/s1. The number of ether oxygens (including phenoxy) is 1. The Morgan fingerprint density at radius 1 is 1.42 bits per heavy atom. The van der Waals surface area contributed by atoms with E-state index >= 15 is 0 Å². The molecule has 0 bridgehead atoms. The van der Waals surface area contributed by atoms with Gasteiger partial charge in [0.25, 0.3) is 0 Å². The first-order valence-corrected chi connectivity index (χ1v) is 6.91. The number of benzene rings is 1. The SMILES string of the molecule is C[C@H]1CN(C(=O)Nc2ccc(F)cc2Br)C[C@H](C)O1. The number of hydrogen-bond donors (Lipinski definition) is 1. The highest BCUT2D eigenvalue weighted by molar-refractivity contribution is 9.10. The fourth-order valence-corrected chi connectivity index (χ4v) is 2.58. The van der Waals surface area contributed by atoms with Crippen molar-refractivity contribution in [1.82, 2.24) is 4.90 Å². The summed E-state index contributed by atoms with van der Waals surface area (Å²) < 4.78 is 19.1. The van der Waals surface area contributed by atoms with Gasteiger partial charge in [0.05, 0.1) is 17.9 Å². The zero-order chi connectivity index (χ0) is 14.0. The van der Waals surface area contributed by atoms with Gasteiger partial charge >= 0.3 is 6.03 Å². The molecular weight excluding hydrogens is 315 g/mol. The number of carbonyl (C=O) groups excluding carboxylic acids is 1. The molecule has 4 nitrogen and oxygen atoms in total. The van der Waals surface area contributed by atoms with Crippen LogP contribution in [0, 0.1) is 5.82 Å². The van der Waals surface area contributed by atoms with Gasteiger partial charge in [-0.2, -0.15) is 0 Å². The maximum atomic E-state index is 13.0. The van der Waals surface area contributed by atoms with E-state index in [0.29, 0.717) is 23.2 Å². The second-order valence-corrected chi connectivity index (χ2v) is 5.57. The molecule has 1 aromatic rings. The van der Waals surface area contributed by atoms with Gasteiger partial charge in [0.15, 0.2) is 0 Å². The van der Waals surface area contributed by atoms with Crippen molar-refractivity contribution in [1.29, 1.82) is 0 Å². The summed E-state index contributed by atoms with van der Waals surface area (Å²) in [6.07, 6.45) is 0.0392. The van der Waals surface area contributed by atoms with E-state index in [-0.39, 0.29) is 24.1 Å². The molecule has 104 valence electrons. The second-order valence-electron chi connectivity index (χ2n) is 4.72. The maximum Gasteiger partial charge on any atom is 0.322 e. The van der Waals surface area contributed by atoms with Gasteiger partial charge in [-0.15, -0.1) is 0 Å². The average Bonchev–Trinajstić information content (AvgIpc) is 2.31. The van der Waals surface area contributed by atoms with E-state index in [4.69, 9.17) is 4.74 Å². The van der Waals surface area contributed by atoms with Crippen LogP contribution in [0.5, 0.6) is 0 Å². The third-order valence-electron chi connectivity index (χ3n) is 2.88. The Bertz CT molecular complexity index is 474. The summed E-state index contributed by atoms with van der Waals surface area (Å²) in [5, 5.41) is 2.77. The van der Waals surface area contributed by atoms with Crippen molar-refractivity contribution in [3.05, 3.63) is 28.5 Å². The van der Waals surface area contributed by atoms with Crippen LogP contribution in [-0.4, -0.2) is 36.2 Å². The molecule has 1 aromatic carbocycles. The highest BCUT2D eigenvalue weighted by atomic mass is 79.9. The molecule has 0 aliphatic carbocycles. The van der Waals surface area contributed by atoms with Gasteiger partial charge in [-0.1, -0.05) is 0 Å². The average molecular weight is 331 g/mol. The van der Waals surface area contributed by atoms with E-state index < -0.39 is 0 Å². The first kappa shape index (κ1) is 14.3. The van der Waals surface area contributed by atoms with Gasteiger partial charge in [0.2, 0.25) is 0 Å². The molecule has 1 aliphatic heterocycles. The molecule has 19 heavy (non-hydrogen) atoms. The van der Waals surface area contributed by atoms with Crippen molar-refractivity contribution in [3.63, 3.8) is 0 Å². The minimum atomic E-state index is -0.349. The minimum absolute atomic E-state index is 0.0196. The van der Waals surface area contributed by atoms with Crippen molar-refractivity contribution in [2.24, 2.45) is 0 Å². The van der Waals surface area contributed by atoms with E-state index in [1.807, 2.05) is 13.8 Å². The molecular formula is C13H16BrFN2O2. The monoisotopic (exact) mass is 330 g/mol. The number of nitrogens with zero attached hydrogens (tertiary/aromatic N) is 1. The number of anilines is 1. The fraction of sp³-hybridized carbons (Fsp3) is 0.462. The summed E-state index contributed by atoms with van der Waals surface area (Å²) in [5.74, 6) is -0.349. The molecule has 1 N–H and O–H groups in total. The van der Waals surface area contributed by atoms with Crippen LogP contribution in [0.1, 0.15) is 13.8 Å². The van der Waals surface area contributed by atoms with Crippen LogP contribution < -0.4 is 5.32 Å². The van der Waals surface area contributed by atoms with Gasteiger partial charge < -0.3 is 15.0 Å². The minimum Gasteiger partial charge on any atom is -0.372 e. The van der Waals surface area contributed by atoms with Crippen LogP contribution in [0.4, 0.5) is 14.9 Å². The molecule has 0 aromatic heterocycles. The molecule has 6 heteroatoms. The third-order valence-corrected chi connectivity index (χ3v) is 3.54. The van der Waals surface area contributed by atoms with Crippen LogP contribution in [0.3, 0.4) is 0 Å². The number of morpholine rings is 1. The number of hydrogen-bond acceptors (Lipinski definition) is 2. The number of nitrogens with one attached hydrogen (secondary N) is 1. The molecule has 1 aliphatic rings. The second kappa shape index (κ2) is 5.88. The fourth-order valence-electron chi connectivity index (χ4n) is 2.13. The van der Waals surface area contributed by atoms with Gasteiger partial charge in [-0.05, 0) is 48.0 Å². The molecule has 0 spiro atoms. The van der Waals surface area contributed by atoms with Crippen LogP contribution >= 0.6 is 15.9 Å². The first-order valence-electron chi connectivity index (χ1n) is 6.12. The highest BCUT2D eigenvalue weighted by Gasteiger charge is 2.26. The van der Waals surface area contributed by atoms with Crippen LogP contribution in [0.25, 0.3) is 0 Å². The third kappa shape index (κ3) is 3.67. The molecule has 0 radical (unpaired) electrons. The lowest BCUT2D eigenvalue weighted by atomic mass is 10.2. The Kier molecular flexibility index (Phi) is 4.42. The molecule has 2 amide bonds. The summed E-state index contributed by atoms with van der Waals surface area (Å²) in [5.41, 5.74) is 0.554. The van der Waals surface area contributed by atoms with E-state index in [0.717, 1.165) is 0 Å².